The monoisotopic (exact) mass is 462 g/mol. The van der Waals surface area contributed by atoms with E-state index >= 15 is 0 Å². The van der Waals surface area contributed by atoms with Gasteiger partial charge in [0.05, 0.1) is 20.3 Å². The number of aliphatic hydroxyl groups is 4. The average Bonchev–Trinajstić information content (AvgIpc) is 2.83. The maximum atomic E-state index is 10.4. The number of aryl methyl sites for hydroxylation is 1. The Bertz CT molecular complexity index is 827. The molecule has 1 aliphatic heterocycles. The van der Waals surface area contributed by atoms with E-state index in [0.29, 0.717) is 24.4 Å². The van der Waals surface area contributed by atoms with E-state index in [1.807, 2.05) is 6.08 Å². The highest BCUT2D eigenvalue weighted by Crippen LogP contribution is 2.56. The molecule has 0 aromatic heterocycles. The van der Waals surface area contributed by atoms with Gasteiger partial charge in [0.1, 0.15) is 30.2 Å². The predicted octanol–water partition coefficient (Wildman–Crippen LogP) is 2.15. The van der Waals surface area contributed by atoms with Gasteiger partial charge in [-0.15, -0.1) is 6.58 Å². The fraction of sp³-hybridized carbons (Fsp3) is 0.692. The molecular formula is C26H38O7. The minimum Gasteiger partial charge on any atom is -0.497 e. The summed E-state index contributed by atoms with van der Waals surface area (Å²) in [6, 6.07) is 6.45. The van der Waals surface area contributed by atoms with Crippen LogP contribution in [0.1, 0.15) is 49.7 Å². The third-order valence-electron chi connectivity index (χ3n) is 8.30. The fourth-order valence-corrected chi connectivity index (χ4v) is 6.38. The Balaban J connectivity index is 1.50. The predicted molar refractivity (Wildman–Crippen MR) is 123 cm³/mol. The maximum Gasteiger partial charge on any atom is 0.186 e. The molecular weight excluding hydrogens is 424 g/mol. The zero-order valence-corrected chi connectivity index (χ0v) is 19.6. The van der Waals surface area contributed by atoms with Crippen molar-refractivity contribution in [1.82, 2.24) is 0 Å². The molecule has 0 spiro atoms. The lowest BCUT2D eigenvalue weighted by Gasteiger charge is -2.52. The number of ether oxygens (including phenoxy) is 3. The Morgan fingerprint density at radius 3 is 2.67 bits per heavy atom. The lowest BCUT2D eigenvalue weighted by molar-refractivity contribution is -0.308. The first kappa shape index (κ1) is 24.6. The van der Waals surface area contributed by atoms with Crippen molar-refractivity contribution in [1.29, 1.82) is 0 Å². The molecule has 7 heteroatoms. The van der Waals surface area contributed by atoms with Gasteiger partial charge in [-0.1, -0.05) is 19.1 Å². The maximum absolute atomic E-state index is 10.4. The Morgan fingerprint density at radius 2 is 1.97 bits per heavy atom. The summed E-state index contributed by atoms with van der Waals surface area (Å²) in [5.74, 6) is 2.25. The van der Waals surface area contributed by atoms with Crippen molar-refractivity contribution in [3.8, 4) is 5.75 Å². The number of hydrogen-bond donors (Lipinski definition) is 4. The standard InChI is InChI=1S/C26H38O7/c1-4-5-20-19-8-6-15-12-16(31-3)7-9-17(15)18(19)10-11-26(20,2)14-32-25-24(30)23(29)22(28)21(13-27)33-25/h4,7,9,12,18-25,27-30H,1,5-6,8,10-11,13-14H2,2-3H3/t18-,19-,20+,21-,22-,23+,24-,25-,26-/m1/s1. The summed E-state index contributed by atoms with van der Waals surface area (Å²) in [5, 5.41) is 40.0. The first-order chi connectivity index (χ1) is 15.8. The molecule has 4 rings (SSSR count). The molecule has 7 nitrogen and oxygen atoms in total. The smallest absolute Gasteiger partial charge is 0.186 e. The molecule has 1 aromatic rings. The van der Waals surface area contributed by atoms with Gasteiger partial charge in [-0.2, -0.15) is 0 Å². The van der Waals surface area contributed by atoms with Crippen LogP contribution in [0.15, 0.2) is 30.9 Å². The molecule has 33 heavy (non-hydrogen) atoms. The molecule has 1 aromatic carbocycles. The second kappa shape index (κ2) is 10.0. The number of rotatable bonds is 7. The summed E-state index contributed by atoms with van der Waals surface area (Å²) >= 11 is 0. The van der Waals surface area contributed by atoms with Gasteiger partial charge in [0.25, 0.3) is 0 Å². The highest BCUT2D eigenvalue weighted by atomic mass is 16.7. The molecule has 4 N–H and O–H groups in total. The zero-order valence-electron chi connectivity index (χ0n) is 19.6. The van der Waals surface area contributed by atoms with Gasteiger partial charge >= 0.3 is 0 Å². The van der Waals surface area contributed by atoms with Gasteiger partial charge in [0, 0.05) is 0 Å². The van der Waals surface area contributed by atoms with E-state index in [1.165, 1.54) is 11.1 Å². The van der Waals surface area contributed by atoms with Crippen molar-refractivity contribution in [2.45, 2.75) is 75.7 Å². The van der Waals surface area contributed by atoms with E-state index in [0.717, 1.165) is 37.9 Å². The Hall–Kier alpha value is -1.48. The van der Waals surface area contributed by atoms with Crippen LogP contribution in [0.4, 0.5) is 0 Å². The van der Waals surface area contributed by atoms with Crippen LogP contribution in [-0.2, 0) is 15.9 Å². The van der Waals surface area contributed by atoms with Crippen LogP contribution in [0.5, 0.6) is 5.75 Å². The zero-order chi connectivity index (χ0) is 23.8. The molecule has 1 saturated heterocycles. The molecule has 3 aliphatic rings. The van der Waals surface area contributed by atoms with Crippen molar-refractivity contribution in [2.24, 2.45) is 17.3 Å². The van der Waals surface area contributed by atoms with E-state index in [2.05, 4.69) is 31.7 Å². The van der Waals surface area contributed by atoms with Crippen LogP contribution >= 0.6 is 0 Å². The Kier molecular flexibility index (Phi) is 7.48. The quantitative estimate of drug-likeness (QED) is 0.460. The van der Waals surface area contributed by atoms with Crippen molar-refractivity contribution in [2.75, 3.05) is 20.3 Å². The van der Waals surface area contributed by atoms with Gasteiger partial charge in [0.15, 0.2) is 6.29 Å². The van der Waals surface area contributed by atoms with E-state index in [-0.39, 0.29) is 5.41 Å². The number of hydrogen-bond acceptors (Lipinski definition) is 7. The van der Waals surface area contributed by atoms with E-state index in [4.69, 9.17) is 14.2 Å². The van der Waals surface area contributed by atoms with Gasteiger partial charge in [0.2, 0.25) is 0 Å². The average molecular weight is 463 g/mol. The largest absolute Gasteiger partial charge is 0.497 e. The van der Waals surface area contributed by atoms with Gasteiger partial charge < -0.3 is 34.6 Å². The topological polar surface area (TPSA) is 109 Å². The third kappa shape index (κ3) is 4.59. The number of fused-ring (bicyclic) bond motifs is 3. The van der Waals surface area contributed by atoms with Crippen LogP contribution in [0, 0.1) is 17.3 Å². The Morgan fingerprint density at radius 1 is 1.18 bits per heavy atom. The molecule has 9 atom stereocenters. The van der Waals surface area contributed by atoms with E-state index in [9.17, 15) is 20.4 Å². The SMILES string of the molecule is C=CC[C@H]1[C@@H]2CCc3cc(OC)ccc3[C@H]2CC[C@]1(C)CO[C@@H]1O[C@H](CO)[C@@H](O)[C@H](O)[C@H]1O. The summed E-state index contributed by atoms with van der Waals surface area (Å²) in [5.41, 5.74) is 2.66. The summed E-state index contributed by atoms with van der Waals surface area (Å²) in [7, 11) is 1.70. The molecule has 1 saturated carbocycles. The number of benzene rings is 1. The van der Waals surface area contributed by atoms with Gasteiger partial charge in [-0.3, -0.25) is 0 Å². The van der Waals surface area contributed by atoms with E-state index < -0.39 is 37.3 Å². The highest BCUT2D eigenvalue weighted by molar-refractivity contribution is 5.40. The minimum atomic E-state index is -1.43. The van der Waals surface area contributed by atoms with Crippen molar-refractivity contribution in [3.05, 3.63) is 42.0 Å². The first-order valence-corrected chi connectivity index (χ1v) is 12.0. The van der Waals surface area contributed by atoms with Gasteiger partial charge in [-0.25, -0.2) is 0 Å². The third-order valence-corrected chi connectivity index (χ3v) is 8.30. The van der Waals surface area contributed by atoms with Crippen molar-refractivity contribution >= 4 is 0 Å². The van der Waals surface area contributed by atoms with Crippen molar-refractivity contribution < 1.29 is 34.6 Å². The molecule has 0 radical (unpaired) electrons. The normalized spacial score (nSPS) is 40.5. The second-order valence-electron chi connectivity index (χ2n) is 10.2. The lowest BCUT2D eigenvalue weighted by Crippen LogP contribution is -2.59. The summed E-state index contributed by atoms with van der Waals surface area (Å²) in [6.45, 7) is 6.13. The highest BCUT2D eigenvalue weighted by Gasteiger charge is 2.49. The lowest BCUT2D eigenvalue weighted by atomic mass is 9.54. The van der Waals surface area contributed by atoms with Gasteiger partial charge in [-0.05, 0) is 78.5 Å². The van der Waals surface area contributed by atoms with Crippen molar-refractivity contribution in [3.63, 3.8) is 0 Å². The molecule has 1 heterocycles. The van der Waals surface area contributed by atoms with Crippen LogP contribution in [0.2, 0.25) is 0 Å². The summed E-state index contributed by atoms with van der Waals surface area (Å²) in [6.07, 6.45) is 0.727. The molecule has 0 bridgehead atoms. The molecule has 184 valence electrons. The fourth-order valence-electron chi connectivity index (χ4n) is 6.38. The molecule has 2 aliphatic carbocycles. The molecule has 2 fully saturated rings. The van der Waals surface area contributed by atoms with Crippen LogP contribution < -0.4 is 4.74 Å². The van der Waals surface area contributed by atoms with Crippen LogP contribution in [-0.4, -0.2) is 71.5 Å². The number of allylic oxidation sites excluding steroid dienone is 1. The van der Waals surface area contributed by atoms with Crippen LogP contribution in [0.25, 0.3) is 0 Å². The Labute approximate surface area is 196 Å². The van der Waals surface area contributed by atoms with Crippen LogP contribution in [0.3, 0.4) is 0 Å². The number of methoxy groups -OCH3 is 1. The summed E-state index contributed by atoms with van der Waals surface area (Å²) in [4.78, 5) is 0. The molecule has 0 amide bonds. The first-order valence-electron chi connectivity index (χ1n) is 12.0. The minimum absolute atomic E-state index is 0.155. The number of aliphatic hydroxyl groups excluding tert-OH is 4. The summed E-state index contributed by atoms with van der Waals surface area (Å²) < 4.78 is 17.0. The van der Waals surface area contributed by atoms with E-state index in [1.54, 1.807) is 7.11 Å². The second-order valence-corrected chi connectivity index (χ2v) is 10.2. The molecule has 0 unspecified atom stereocenters.